The van der Waals surface area contributed by atoms with Crippen LogP contribution in [0.3, 0.4) is 0 Å². The topological polar surface area (TPSA) is 60.9 Å². The molecule has 3 rings (SSSR count). The molecule has 1 amide bonds. The molecule has 25 heavy (non-hydrogen) atoms. The normalized spacial score (nSPS) is 20.2. The van der Waals surface area contributed by atoms with Crippen LogP contribution in [0, 0.1) is 11.8 Å². The minimum absolute atomic E-state index is 0.0496. The number of carbonyl (C=O) groups is 2. The van der Waals surface area contributed by atoms with Crippen molar-refractivity contribution in [3.63, 3.8) is 0 Å². The summed E-state index contributed by atoms with van der Waals surface area (Å²) in [5.41, 5.74) is 1.31. The maximum Gasteiger partial charge on any atom is 0.308 e. The third-order valence-corrected chi connectivity index (χ3v) is 5.35. The number of likely N-dealkylation sites (tertiary alicyclic amines) is 1. The van der Waals surface area contributed by atoms with Gasteiger partial charge in [-0.05, 0) is 44.3 Å². The highest BCUT2D eigenvalue weighted by molar-refractivity contribution is 5.80. The summed E-state index contributed by atoms with van der Waals surface area (Å²) >= 11 is 0. The lowest BCUT2D eigenvalue weighted by atomic mass is 9.94. The number of aliphatic carboxylic acids is 1. The number of piperidine rings is 1. The average molecular weight is 344 g/mol. The summed E-state index contributed by atoms with van der Waals surface area (Å²) in [6.45, 7) is 4.83. The summed E-state index contributed by atoms with van der Waals surface area (Å²) in [7, 11) is 0. The molecule has 1 aromatic rings. The van der Waals surface area contributed by atoms with Gasteiger partial charge >= 0.3 is 5.97 Å². The Morgan fingerprint density at radius 1 is 1.16 bits per heavy atom. The highest BCUT2D eigenvalue weighted by Gasteiger charge is 2.38. The van der Waals surface area contributed by atoms with E-state index in [9.17, 15) is 9.59 Å². The van der Waals surface area contributed by atoms with E-state index in [0.29, 0.717) is 6.54 Å². The molecule has 0 radical (unpaired) electrons. The van der Waals surface area contributed by atoms with Crippen molar-refractivity contribution in [3.05, 3.63) is 35.9 Å². The molecule has 1 heterocycles. The fourth-order valence-electron chi connectivity index (χ4n) is 3.59. The molecular formula is C20H28N2O3. The number of hydrogen-bond donors (Lipinski definition) is 1. The Kier molecular flexibility index (Phi) is 5.74. The molecule has 1 N–H and O–H groups in total. The van der Waals surface area contributed by atoms with E-state index in [2.05, 4.69) is 29.2 Å². The Bertz CT molecular complexity index is 592. The van der Waals surface area contributed by atoms with Crippen molar-refractivity contribution < 1.29 is 14.7 Å². The van der Waals surface area contributed by atoms with Gasteiger partial charge in [0, 0.05) is 25.0 Å². The van der Waals surface area contributed by atoms with Gasteiger partial charge in [0.05, 0.1) is 5.92 Å². The van der Waals surface area contributed by atoms with Crippen LogP contribution in [0.5, 0.6) is 0 Å². The van der Waals surface area contributed by atoms with Gasteiger partial charge in [0.15, 0.2) is 0 Å². The Morgan fingerprint density at radius 2 is 1.80 bits per heavy atom. The lowest BCUT2D eigenvalue weighted by molar-refractivity contribution is -0.144. The maximum atomic E-state index is 12.9. The summed E-state index contributed by atoms with van der Waals surface area (Å²) in [6.07, 6.45) is 3.78. The highest BCUT2D eigenvalue weighted by atomic mass is 16.4. The van der Waals surface area contributed by atoms with Crippen molar-refractivity contribution in [1.29, 1.82) is 0 Å². The summed E-state index contributed by atoms with van der Waals surface area (Å²) in [5.74, 6) is -1.09. The van der Waals surface area contributed by atoms with Gasteiger partial charge in [0.1, 0.15) is 0 Å². The molecule has 1 saturated heterocycles. The SMILES string of the molecule is CC(CN(C(=O)C1CCN(Cc2ccccc2)CC1)C1CC1)C(=O)O. The van der Waals surface area contributed by atoms with Gasteiger partial charge in [-0.15, -0.1) is 0 Å². The van der Waals surface area contributed by atoms with Crippen LogP contribution in [0.15, 0.2) is 30.3 Å². The first-order valence-corrected chi connectivity index (χ1v) is 9.34. The van der Waals surface area contributed by atoms with Gasteiger partial charge in [-0.25, -0.2) is 0 Å². The van der Waals surface area contributed by atoms with Crippen LogP contribution in [0.4, 0.5) is 0 Å². The van der Waals surface area contributed by atoms with Gasteiger partial charge in [-0.3, -0.25) is 14.5 Å². The Labute approximate surface area is 149 Å². The summed E-state index contributed by atoms with van der Waals surface area (Å²) in [5, 5.41) is 9.16. The van der Waals surface area contributed by atoms with E-state index in [1.54, 1.807) is 6.92 Å². The van der Waals surface area contributed by atoms with E-state index in [4.69, 9.17) is 5.11 Å². The molecule has 1 aliphatic heterocycles. The smallest absolute Gasteiger partial charge is 0.308 e. The zero-order valence-electron chi connectivity index (χ0n) is 14.9. The summed E-state index contributed by atoms with van der Waals surface area (Å²) in [4.78, 5) is 28.3. The first kappa shape index (κ1) is 17.9. The molecule has 1 atom stereocenters. The quantitative estimate of drug-likeness (QED) is 0.826. The van der Waals surface area contributed by atoms with Crippen molar-refractivity contribution in [2.45, 2.75) is 45.2 Å². The molecule has 2 aliphatic rings. The number of benzene rings is 1. The van der Waals surface area contributed by atoms with E-state index in [-0.39, 0.29) is 17.9 Å². The molecule has 136 valence electrons. The highest BCUT2D eigenvalue weighted by Crippen LogP contribution is 2.31. The summed E-state index contributed by atoms with van der Waals surface area (Å²) in [6, 6.07) is 10.7. The van der Waals surface area contributed by atoms with Gasteiger partial charge in [0.2, 0.25) is 5.91 Å². The fraction of sp³-hybridized carbons (Fsp3) is 0.600. The molecule has 0 aromatic heterocycles. The first-order chi connectivity index (χ1) is 12.0. The third kappa shape index (κ3) is 4.82. The van der Waals surface area contributed by atoms with Gasteiger partial charge in [-0.1, -0.05) is 37.3 Å². The Morgan fingerprint density at radius 3 is 2.36 bits per heavy atom. The molecule has 0 bridgehead atoms. The number of carboxylic acids is 1. The second kappa shape index (κ2) is 8.00. The average Bonchev–Trinajstić information content (AvgIpc) is 3.45. The largest absolute Gasteiger partial charge is 0.481 e. The van der Waals surface area contributed by atoms with Gasteiger partial charge in [0.25, 0.3) is 0 Å². The summed E-state index contributed by atoms with van der Waals surface area (Å²) < 4.78 is 0. The third-order valence-electron chi connectivity index (χ3n) is 5.35. The van der Waals surface area contributed by atoms with Crippen molar-refractivity contribution in [2.75, 3.05) is 19.6 Å². The molecular weight excluding hydrogens is 316 g/mol. The predicted molar refractivity (Wildman–Crippen MR) is 96.0 cm³/mol. The number of rotatable bonds is 7. The van der Waals surface area contributed by atoms with Crippen molar-refractivity contribution in [1.82, 2.24) is 9.80 Å². The second-order valence-corrected chi connectivity index (χ2v) is 7.50. The van der Waals surface area contributed by atoms with Crippen LogP contribution in [0.25, 0.3) is 0 Å². The van der Waals surface area contributed by atoms with Crippen LogP contribution in [0.2, 0.25) is 0 Å². The lowest BCUT2D eigenvalue weighted by Gasteiger charge is -2.35. The van der Waals surface area contributed by atoms with Crippen LogP contribution in [-0.4, -0.2) is 52.5 Å². The minimum Gasteiger partial charge on any atom is -0.481 e. The van der Waals surface area contributed by atoms with E-state index < -0.39 is 11.9 Å². The van der Waals surface area contributed by atoms with Crippen LogP contribution in [-0.2, 0) is 16.1 Å². The van der Waals surface area contributed by atoms with Crippen molar-refractivity contribution >= 4 is 11.9 Å². The van der Waals surface area contributed by atoms with E-state index >= 15 is 0 Å². The van der Waals surface area contributed by atoms with E-state index in [1.807, 2.05) is 11.0 Å². The van der Waals surface area contributed by atoms with Crippen LogP contribution < -0.4 is 0 Å². The molecule has 5 heteroatoms. The minimum atomic E-state index is -0.823. The van der Waals surface area contributed by atoms with Crippen molar-refractivity contribution in [3.8, 4) is 0 Å². The number of nitrogens with zero attached hydrogens (tertiary/aromatic N) is 2. The monoisotopic (exact) mass is 344 g/mol. The van der Waals surface area contributed by atoms with Crippen LogP contribution in [0.1, 0.15) is 38.2 Å². The van der Waals surface area contributed by atoms with Gasteiger partial charge in [-0.2, -0.15) is 0 Å². The molecule has 1 aliphatic carbocycles. The van der Waals surface area contributed by atoms with Crippen LogP contribution >= 0.6 is 0 Å². The Hall–Kier alpha value is -1.88. The first-order valence-electron chi connectivity index (χ1n) is 9.34. The molecule has 0 spiro atoms. The number of hydrogen-bond acceptors (Lipinski definition) is 3. The molecule has 2 fully saturated rings. The van der Waals surface area contributed by atoms with E-state index in [1.165, 1.54) is 5.56 Å². The second-order valence-electron chi connectivity index (χ2n) is 7.50. The lowest BCUT2D eigenvalue weighted by Crippen LogP contribution is -2.45. The number of carbonyl (C=O) groups excluding carboxylic acids is 1. The standard InChI is InChI=1S/C20H28N2O3/c1-15(20(24)25)13-22(18-7-8-18)19(23)17-9-11-21(12-10-17)14-16-5-3-2-4-6-16/h2-6,15,17-18H,7-14H2,1H3,(H,24,25). The number of amides is 1. The molecule has 1 unspecified atom stereocenters. The molecule has 1 aromatic carbocycles. The predicted octanol–water partition coefficient (Wildman–Crippen LogP) is 2.61. The zero-order chi connectivity index (χ0) is 17.8. The molecule has 1 saturated carbocycles. The van der Waals surface area contributed by atoms with Crippen molar-refractivity contribution in [2.24, 2.45) is 11.8 Å². The zero-order valence-corrected chi connectivity index (χ0v) is 14.9. The Balaban J connectivity index is 1.52. The molecule has 5 nitrogen and oxygen atoms in total. The fourth-order valence-corrected chi connectivity index (χ4v) is 3.59. The maximum absolute atomic E-state index is 12.9. The number of carboxylic acid groups (broad SMARTS) is 1. The van der Waals surface area contributed by atoms with Gasteiger partial charge < -0.3 is 10.0 Å². The van der Waals surface area contributed by atoms with E-state index in [0.717, 1.165) is 45.3 Å².